The Bertz CT molecular complexity index is 1340. The molecule has 53 heavy (non-hydrogen) atoms. The molecule has 1 fully saturated rings. The number of rotatable bonds is 21. The zero-order chi connectivity index (χ0) is 40.2. The number of ketones is 1. The Morgan fingerprint density at radius 1 is 0.868 bits per heavy atom. The van der Waals surface area contributed by atoms with Crippen LogP contribution in [0.2, 0.25) is 0 Å². The lowest BCUT2D eigenvalue weighted by Crippen LogP contribution is -2.59. The van der Waals surface area contributed by atoms with Crippen molar-refractivity contribution in [2.75, 3.05) is 42.0 Å². The summed E-state index contributed by atoms with van der Waals surface area (Å²) < 4.78 is 17.6. The Balaban J connectivity index is 2.32. The average molecular weight is 746 g/mol. The van der Waals surface area contributed by atoms with Crippen LogP contribution in [0.5, 0.6) is 0 Å². The maximum atomic E-state index is 14.3. The summed E-state index contributed by atoms with van der Waals surface area (Å²) in [4.78, 5) is 71.5. The summed E-state index contributed by atoms with van der Waals surface area (Å²) in [5, 5.41) is 8.86. The molecule has 0 spiro atoms. The van der Waals surface area contributed by atoms with Crippen LogP contribution in [0.15, 0.2) is 30.3 Å². The fourth-order valence-electron chi connectivity index (χ4n) is 7.46. The number of hydrogen-bond donors (Lipinski definition) is 3. The number of nitrogens with one attached hydrogen (secondary N) is 3. The van der Waals surface area contributed by atoms with Crippen molar-refractivity contribution in [1.29, 1.82) is 0 Å². The zero-order valence-corrected chi connectivity index (χ0v) is 34.3. The number of likely N-dealkylation sites (tertiary alicyclic amines) is 1. The second-order valence-corrected chi connectivity index (χ2v) is 15.2. The highest BCUT2D eigenvalue weighted by atomic mass is 16.5. The standard InChI is InChI=1S/C40H67N5O8/c1-14-25(6)35(44(10)40(50)34(24(4)5)43-39(49)33(41-9)23(2)3)31(52-12)21-32(46)45-22-29(51-11)20-30(45)37(53-13)26(7)38(48)42-27(8)36(47)28-18-16-15-17-19-28/h15-19,23-27,29-31,33-35,37,41H,14,20-22H2,1-13H3,(H,42,48)(H,43,49)/t25-,26+,27-,29+,30-,31+,33-,34-,35?,37+/m0/s1. The first kappa shape index (κ1) is 45.8. The number of Topliss-reactive ketones (excluding diaryl/α,β-unsaturated/α-hetero) is 1. The van der Waals surface area contributed by atoms with Crippen molar-refractivity contribution in [3.63, 3.8) is 0 Å². The van der Waals surface area contributed by atoms with Crippen LogP contribution in [0.25, 0.3) is 0 Å². The molecular weight excluding hydrogens is 678 g/mol. The van der Waals surface area contributed by atoms with E-state index in [1.807, 2.05) is 47.6 Å². The molecule has 1 aliphatic heterocycles. The predicted octanol–water partition coefficient (Wildman–Crippen LogP) is 3.30. The summed E-state index contributed by atoms with van der Waals surface area (Å²) in [5.41, 5.74) is 0.500. The second kappa shape index (κ2) is 21.5. The molecule has 0 bridgehead atoms. The van der Waals surface area contributed by atoms with Gasteiger partial charge in [-0.2, -0.15) is 0 Å². The summed E-state index contributed by atoms with van der Waals surface area (Å²) >= 11 is 0. The Labute approximate surface area is 317 Å². The van der Waals surface area contributed by atoms with Crippen LogP contribution >= 0.6 is 0 Å². The minimum atomic E-state index is -0.784. The number of carbonyl (C=O) groups is 5. The van der Waals surface area contributed by atoms with Crippen molar-refractivity contribution < 1.29 is 38.2 Å². The molecule has 1 heterocycles. The largest absolute Gasteiger partial charge is 0.380 e. The van der Waals surface area contributed by atoms with E-state index in [9.17, 15) is 24.0 Å². The van der Waals surface area contributed by atoms with Gasteiger partial charge in [0.05, 0.1) is 54.8 Å². The van der Waals surface area contributed by atoms with E-state index in [4.69, 9.17) is 14.2 Å². The van der Waals surface area contributed by atoms with Gasteiger partial charge in [0.2, 0.25) is 23.6 Å². The summed E-state index contributed by atoms with van der Waals surface area (Å²) in [6, 6.07) is 5.78. The number of hydrogen-bond acceptors (Lipinski definition) is 9. The number of methoxy groups -OCH3 is 3. The van der Waals surface area contributed by atoms with Crippen molar-refractivity contribution in [3.8, 4) is 0 Å². The van der Waals surface area contributed by atoms with Crippen molar-refractivity contribution in [2.24, 2.45) is 23.7 Å². The molecule has 0 saturated carbocycles. The number of ether oxygens (including phenoxy) is 3. The highest BCUT2D eigenvalue weighted by molar-refractivity contribution is 6.01. The third-order valence-electron chi connectivity index (χ3n) is 10.9. The molecule has 1 unspecified atom stereocenters. The van der Waals surface area contributed by atoms with Crippen LogP contribution in [-0.2, 0) is 33.4 Å². The minimum Gasteiger partial charge on any atom is -0.380 e. The monoisotopic (exact) mass is 745 g/mol. The van der Waals surface area contributed by atoms with Gasteiger partial charge in [-0.15, -0.1) is 0 Å². The molecule has 3 N–H and O–H groups in total. The molecular formula is C40H67N5O8. The van der Waals surface area contributed by atoms with Crippen LogP contribution in [0, 0.1) is 23.7 Å². The van der Waals surface area contributed by atoms with E-state index >= 15 is 0 Å². The molecule has 1 aromatic rings. The molecule has 300 valence electrons. The van der Waals surface area contributed by atoms with E-state index in [2.05, 4.69) is 16.0 Å². The molecule has 0 aromatic heterocycles. The van der Waals surface area contributed by atoms with Gasteiger partial charge in [0, 0.05) is 40.5 Å². The van der Waals surface area contributed by atoms with E-state index < -0.39 is 48.3 Å². The van der Waals surface area contributed by atoms with Crippen molar-refractivity contribution >= 4 is 29.4 Å². The molecule has 0 radical (unpaired) electrons. The van der Waals surface area contributed by atoms with Gasteiger partial charge in [0.15, 0.2) is 5.78 Å². The SMILES string of the molecule is CC[C@H](C)C([C@@H](CC(=O)N1C[C@H](OC)C[C@H]1[C@H](OC)[C@@H](C)C(=O)N[C@@H](C)C(=O)c1ccccc1)OC)N(C)C(=O)[C@@H](NC(=O)[C@@H](NC)C(C)C)C(C)C. The lowest BCUT2D eigenvalue weighted by Gasteiger charge is -2.41. The first-order valence-corrected chi connectivity index (χ1v) is 19.0. The summed E-state index contributed by atoms with van der Waals surface area (Å²) in [7, 11) is 8.07. The number of nitrogens with zero attached hydrogens (tertiary/aromatic N) is 2. The highest BCUT2D eigenvalue weighted by Crippen LogP contribution is 2.31. The third kappa shape index (κ3) is 11.8. The van der Waals surface area contributed by atoms with Gasteiger partial charge in [-0.25, -0.2) is 0 Å². The fraction of sp³-hybridized carbons (Fsp3) is 0.725. The fourth-order valence-corrected chi connectivity index (χ4v) is 7.46. The quantitative estimate of drug-likeness (QED) is 0.161. The molecule has 10 atom stereocenters. The number of amides is 4. The Hall–Kier alpha value is -3.39. The van der Waals surface area contributed by atoms with Crippen LogP contribution in [-0.4, -0.2) is 130 Å². The van der Waals surface area contributed by atoms with Crippen LogP contribution in [0.4, 0.5) is 0 Å². The van der Waals surface area contributed by atoms with Gasteiger partial charge in [-0.05, 0) is 38.1 Å². The van der Waals surface area contributed by atoms with Gasteiger partial charge in [-0.1, -0.05) is 85.2 Å². The highest BCUT2D eigenvalue weighted by Gasteiger charge is 2.46. The Morgan fingerprint density at radius 2 is 1.47 bits per heavy atom. The van der Waals surface area contributed by atoms with E-state index in [0.717, 1.165) is 0 Å². The smallest absolute Gasteiger partial charge is 0.245 e. The van der Waals surface area contributed by atoms with Crippen LogP contribution < -0.4 is 16.0 Å². The number of carbonyl (C=O) groups excluding carboxylic acids is 5. The van der Waals surface area contributed by atoms with Crippen molar-refractivity contribution in [1.82, 2.24) is 25.8 Å². The molecule has 4 amide bonds. The van der Waals surface area contributed by atoms with Crippen molar-refractivity contribution in [3.05, 3.63) is 35.9 Å². The van der Waals surface area contributed by atoms with E-state index in [-0.39, 0.29) is 59.7 Å². The molecule has 1 aromatic carbocycles. The van der Waals surface area contributed by atoms with Gasteiger partial charge in [0.25, 0.3) is 0 Å². The van der Waals surface area contributed by atoms with Gasteiger partial charge >= 0.3 is 0 Å². The second-order valence-electron chi connectivity index (χ2n) is 15.2. The van der Waals surface area contributed by atoms with E-state index in [0.29, 0.717) is 24.9 Å². The van der Waals surface area contributed by atoms with Crippen molar-refractivity contribution in [2.45, 2.75) is 123 Å². The molecule has 2 rings (SSSR count). The lowest BCUT2D eigenvalue weighted by atomic mass is 9.89. The molecule has 13 heteroatoms. The number of likely N-dealkylation sites (N-methyl/N-ethyl adjacent to an activating group) is 2. The average Bonchev–Trinajstić information content (AvgIpc) is 3.57. The van der Waals surface area contributed by atoms with Crippen LogP contribution in [0.1, 0.15) is 85.0 Å². The number of benzene rings is 1. The maximum Gasteiger partial charge on any atom is 0.245 e. The minimum absolute atomic E-state index is 0.0204. The van der Waals surface area contributed by atoms with E-state index in [1.165, 1.54) is 14.2 Å². The molecule has 0 aliphatic carbocycles. The predicted molar refractivity (Wildman–Crippen MR) is 205 cm³/mol. The lowest BCUT2D eigenvalue weighted by molar-refractivity contribution is -0.148. The Kier molecular flexibility index (Phi) is 18.6. The zero-order valence-electron chi connectivity index (χ0n) is 34.3. The summed E-state index contributed by atoms with van der Waals surface area (Å²) in [6.07, 6.45) is -0.536. The first-order valence-electron chi connectivity index (χ1n) is 19.0. The van der Waals surface area contributed by atoms with E-state index in [1.54, 1.807) is 69.1 Å². The molecule has 13 nitrogen and oxygen atoms in total. The molecule has 1 aliphatic rings. The summed E-state index contributed by atoms with van der Waals surface area (Å²) in [6.45, 7) is 15.4. The van der Waals surface area contributed by atoms with Gasteiger partial charge < -0.3 is 40.0 Å². The summed E-state index contributed by atoms with van der Waals surface area (Å²) in [5.74, 6) is -2.24. The molecule has 1 saturated heterocycles. The first-order chi connectivity index (χ1) is 25.0. The Morgan fingerprint density at radius 3 is 1.96 bits per heavy atom. The third-order valence-corrected chi connectivity index (χ3v) is 10.9. The van der Waals surface area contributed by atoms with Crippen LogP contribution in [0.3, 0.4) is 0 Å². The van der Waals surface area contributed by atoms with Gasteiger partial charge in [-0.3, -0.25) is 24.0 Å². The van der Waals surface area contributed by atoms with Gasteiger partial charge in [0.1, 0.15) is 6.04 Å². The normalized spacial score (nSPS) is 20.5. The topological polar surface area (TPSA) is 156 Å². The maximum absolute atomic E-state index is 14.3.